The second kappa shape index (κ2) is 8.65. The van der Waals surface area contributed by atoms with Crippen LogP contribution in [0, 0.1) is 6.92 Å². The predicted octanol–water partition coefficient (Wildman–Crippen LogP) is 3.32. The average Bonchev–Trinajstić information content (AvgIpc) is 2.46. The Morgan fingerprint density at radius 1 is 1.09 bits per heavy atom. The minimum Gasteiger partial charge on any atom is -0.744 e. The van der Waals surface area contributed by atoms with Crippen molar-refractivity contribution < 1.29 is 17.5 Å². The van der Waals surface area contributed by atoms with Gasteiger partial charge in [-0.05, 0) is 44.7 Å². The zero-order chi connectivity index (χ0) is 16.6. The van der Waals surface area contributed by atoms with Gasteiger partial charge in [0, 0.05) is 0 Å². The van der Waals surface area contributed by atoms with Crippen molar-refractivity contribution in [1.29, 1.82) is 0 Å². The average molecular weight is 327 g/mol. The van der Waals surface area contributed by atoms with Gasteiger partial charge in [-0.1, -0.05) is 31.0 Å². The first-order valence-corrected chi connectivity index (χ1v) is 9.54. The zero-order valence-electron chi connectivity index (χ0n) is 14.0. The van der Waals surface area contributed by atoms with Crippen LogP contribution in [0.15, 0.2) is 29.2 Å². The van der Waals surface area contributed by atoms with Gasteiger partial charge in [0.05, 0.1) is 31.6 Å². The number of likely N-dealkylation sites (tertiary alicyclic amines) is 1. The smallest absolute Gasteiger partial charge is 0.124 e. The topological polar surface area (TPSA) is 57.2 Å². The molecule has 0 atom stereocenters. The largest absolute Gasteiger partial charge is 0.744 e. The summed E-state index contributed by atoms with van der Waals surface area (Å²) < 4.78 is 32.5. The van der Waals surface area contributed by atoms with E-state index in [1.807, 2.05) is 6.92 Å². The summed E-state index contributed by atoms with van der Waals surface area (Å²) in [7, 11) is -1.84. The van der Waals surface area contributed by atoms with E-state index in [2.05, 4.69) is 14.0 Å². The fourth-order valence-electron chi connectivity index (χ4n) is 2.74. The van der Waals surface area contributed by atoms with Gasteiger partial charge in [-0.3, -0.25) is 0 Å². The van der Waals surface area contributed by atoms with Gasteiger partial charge in [0.2, 0.25) is 0 Å². The Morgan fingerprint density at radius 2 is 1.64 bits per heavy atom. The molecule has 0 aromatic heterocycles. The lowest BCUT2D eigenvalue weighted by Crippen LogP contribution is -2.48. The summed E-state index contributed by atoms with van der Waals surface area (Å²) in [4.78, 5) is -0.178. The maximum absolute atomic E-state index is 10.4. The second-order valence-corrected chi connectivity index (χ2v) is 7.85. The molecule has 0 saturated carbocycles. The van der Waals surface area contributed by atoms with Crippen LogP contribution >= 0.6 is 0 Å². The van der Waals surface area contributed by atoms with Gasteiger partial charge in [0.25, 0.3) is 0 Å². The third kappa shape index (κ3) is 6.90. The van der Waals surface area contributed by atoms with Crippen molar-refractivity contribution >= 4 is 10.1 Å². The Bertz CT molecular complexity index is 532. The molecule has 0 N–H and O–H groups in total. The summed E-state index contributed by atoms with van der Waals surface area (Å²) in [6.45, 7) is 8.38. The SMILES string of the molecule is CCCC[N+]1(C)CCCCC1.Cc1ccc(S(=O)(=O)[O-])cc1. The number of aryl methyl sites for hydroxylation is 1. The second-order valence-electron chi connectivity index (χ2n) is 6.47. The number of hydrogen-bond acceptors (Lipinski definition) is 3. The van der Waals surface area contributed by atoms with Gasteiger partial charge in [0.15, 0.2) is 0 Å². The molecule has 4 nitrogen and oxygen atoms in total. The molecule has 1 heterocycles. The molecule has 1 aliphatic heterocycles. The molecule has 0 spiro atoms. The number of hydrogen-bond donors (Lipinski definition) is 0. The minimum atomic E-state index is -4.27. The van der Waals surface area contributed by atoms with E-state index in [1.54, 1.807) is 12.1 Å². The van der Waals surface area contributed by atoms with E-state index < -0.39 is 10.1 Å². The first-order valence-electron chi connectivity index (χ1n) is 8.13. The van der Waals surface area contributed by atoms with E-state index in [0.29, 0.717) is 0 Å². The molecule has 0 amide bonds. The fraction of sp³-hybridized carbons (Fsp3) is 0.647. The summed E-state index contributed by atoms with van der Waals surface area (Å²) in [5.74, 6) is 0. The van der Waals surface area contributed by atoms with Crippen molar-refractivity contribution in [3.63, 3.8) is 0 Å². The third-order valence-electron chi connectivity index (χ3n) is 4.26. The number of nitrogens with zero attached hydrogens (tertiary/aromatic N) is 1. The molecule has 2 rings (SSSR count). The highest BCUT2D eigenvalue weighted by Crippen LogP contribution is 2.16. The summed E-state index contributed by atoms with van der Waals surface area (Å²) in [6.07, 6.45) is 7.16. The van der Waals surface area contributed by atoms with Crippen molar-refractivity contribution in [2.24, 2.45) is 0 Å². The molecule has 1 aromatic carbocycles. The van der Waals surface area contributed by atoms with Crippen LogP contribution in [0.4, 0.5) is 0 Å². The molecule has 0 unspecified atom stereocenters. The first-order chi connectivity index (χ1) is 10.3. The number of rotatable bonds is 4. The van der Waals surface area contributed by atoms with Crippen molar-refractivity contribution in [3.05, 3.63) is 29.8 Å². The molecule has 1 aromatic rings. The van der Waals surface area contributed by atoms with Gasteiger partial charge in [0.1, 0.15) is 10.1 Å². The first kappa shape index (κ1) is 19.1. The lowest BCUT2D eigenvalue weighted by molar-refractivity contribution is -0.914. The third-order valence-corrected chi connectivity index (χ3v) is 5.11. The van der Waals surface area contributed by atoms with Crippen LogP contribution in [0.25, 0.3) is 0 Å². The van der Waals surface area contributed by atoms with Crippen LogP contribution in [0.5, 0.6) is 0 Å². The summed E-state index contributed by atoms with van der Waals surface area (Å²) >= 11 is 0. The van der Waals surface area contributed by atoms with E-state index in [9.17, 15) is 13.0 Å². The predicted molar refractivity (Wildman–Crippen MR) is 88.7 cm³/mol. The van der Waals surface area contributed by atoms with Gasteiger partial charge >= 0.3 is 0 Å². The normalized spacial score (nSPS) is 17.5. The number of unbranched alkanes of at least 4 members (excludes halogenated alkanes) is 1. The van der Waals surface area contributed by atoms with Gasteiger partial charge in [-0.15, -0.1) is 0 Å². The van der Waals surface area contributed by atoms with Crippen LogP contribution in [0.1, 0.15) is 44.6 Å². The standard InChI is InChI=1S/C10H22N.C7H8O3S/c1-3-4-8-11(2)9-6-5-7-10-11;1-6-2-4-7(5-3-6)11(8,9)10/h3-10H2,1-2H3;2-5H,1H3,(H,8,9,10)/q+1;/p-1. The van der Waals surface area contributed by atoms with Gasteiger partial charge in [-0.2, -0.15) is 0 Å². The van der Waals surface area contributed by atoms with Crippen LogP contribution < -0.4 is 0 Å². The molecule has 126 valence electrons. The highest BCUT2D eigenvalue weighted by Gasteiger charge is 2.23. The molecule has 1 saturated heterocycles. The highest BCUT2D eigenvalue weighted by atomic mass is 32.2. The van der Waals surface area contributed by atoms with Crippen molar-refractivity contribution in [1.82, 2.24) is 0 Å². The lowest BCUT2D eigenvalue weighted by Gasteiger charge is -2.37. The molecular formula is C17H29NO3S. The Labute approximate surface area is 135 Å². The van der Waals surface area contributed by atoms with Crippen LogP contribution in [0.3, 0.4) is 0 Å². The van der Waals surface area contributed by atoms with Crippen molar-refractivity contribution in [3.8, 4) is 0 Å². The van der Waals surface area contributed by atoms with Crippen LogP contribution in [-0.4, -0.2) is 44.1 Å². The molecular weight excluding hydrogens is 298 g/mol. The fourth-order valence-corrected chi connectivity index (χ4v) is 3.21. The molecule has 1 fully saturated rings. The summed E-state index contributed by atoms with van der Waals surface area (Å²) in [5, 5.41) is 0. The Morgan fingerprint density at radius 3 is 2.09 bits per heavy atom. The number of benzene rings is 1. The zero-order valence-corrected chi connectivity index (χ0v) is 14.9. The lowest BCUT2D eigenvalue weighted by atomic mass is 10.1. The van der Waals surface area contributed by atoms with Gasteiger partial charge in [-0.25, -0.2) is 8.42 Å². The Hall–Kier alpha value is -0.910. The van der Waals surface area contributed by atoms with Crippen molar-refractivity contribution in [2.75, 3.05) is 26.7 Å². The van der Waals surface area contributed by atoms with E-state index >= 15 is 0 Å². The maximum Gasteiger partial charge on any atom is 0.124 e. The molecule has 0 bridgehead atoms. The monoisotopic (exact) mass is 327 g/mol. The maximum atomic E-state index is 10.4. The number of quaternary nitrogens is 1. The molecule has 1 aliphatic rings. The van der Waals surface area contributed by atoms with E-state index in [4.69, 9.17) is 0 Å². The van der Waals surface area contributed by atoms with Crippen LogP contribution in [0.2, 0.25) is 0 Å². The highest BCUT2D eigenvalue weighted by molar-refractivity contribution is 7.85. The van der Waals surface area contributed by atoms with E-state index in [1.165, 1.54) is 68.4 Å². The van der Waals surface area contributed by atoms with Crippen LogP contribution in [-0.2, 0) is 10.1 Å². The van der Waals surface area contributed by atoms with E-state index in [-0.39, 0.29) is 4.90 Å². The molecule has 22 heavy (non-hydrogen) atoms. The molecule has 5 heteroatoms. The minimum absolute atomic E-state index is 0.178. The Balaban J connectivity index is 0.000000220. The summed E-state index contributed by atoms with van der Waals surface area (Å²) in [6, 6.07) is 5.78. The van der Waals surface area contributed by atoms with Gasteiger partial charge < -0.3 is 9.04 Å². The number of piperidine rings is 1. The molecule has 0 aliphatic carbocycles. The van der Waals surface area contributed by atoms with Crippen molar-refractivity contribution in [2.45, 2.75) is 50.8 Å². The summed E-state index contributed by atoms with van der Waals surface area (Å²) in [5.41, 5.74) is 0.928. The Kier molecular flexibility index (Phi) is 7.53. The molecule has 0 radical (unpaired) electrons. The quantitative estimate of drug-likeness (QED) is 0.629. The van der Waals surface area contributed by atoms with E-state index in [0.717, 1.165) is 5.56 Å².